The predicted molar refractivity (Wildman–Crippen MR) is 192 cm³/mol. The molecule has 48 heavy (non-hydrogen) atoms. The Kier molecular flexibility index (Phi) is 9.39. The van der Waals surface area contributed by atoms with Gasteiger partial charge in [0.15, 0.2) is 11.5 Å². The first-order valence-corrected chi connectivity index (χ1v) is 17.5. The van der Waals surface area contributed by atoms with E-state index in [0.717, 1.165) is 69.2 Å². The monoisotopic (exact) mass is 685 g/mol. The first-order valence-electron chi connectivity index (χ1n) is 16.6. The van der Waals surface area contributed by atoms with Gasteiger partial charge in [0.05, 0.1) is 31.0 Å². The highest BCUT2D eigenvalue weighted by molar-refractivity contribution is 8.10. The van der Waals surface area contributed by atoms with Gasteiger partial charge in [-0.1, -0.05) is 36.5 Å². The topological polar surface area (TPSA) is 95.0 Å². The van der Waals surface area contributed by atoms with E-state index < -0.39 is 0 Å². The Morgan fingerprint density at radius 1 is 0.938 bits per heavy atom. The molecule has 0 bridgehead atoms. The third kappa shape index (κ3) is 6.17. The molecule has 3 aromatic carbocycles. The molecule has 1 unspecified atom stereocenters. The van der Waals surface area contributed by atoms with Gasteiger partial charge in [0.2, 0.25) is 0 Å². The molecular weight excluding hydrogens is 647 g/mol. The lowest BCUT2D eigenvalue weighted by atomic mass is 9.94. The van der Waals surface area contributed by atoms with Crippen LogP contribution >= 0.6 is 24.8 Å². The lowest BCUT2D eigenvalue weighted by Gasteiger charge is -2.42. The van der Waals surface area contributed by atoms with Crippen LogP contribution in [0.5, 0.6) is 11.5 Å². The Morgan fingerprint density at radius 3 is 2.44 bits per heavy atom. The van der Waals surface area contributed by atoms with Crippen molar-refractivity contribution >= 4 is 69.6 Å². The second-order valence-corrected chi connectivity index (χ2v) is 13.9. The summed E-state index contributed by atoms with van der Waals surface area (Å²) in [4.78, 5) is 52.4. The van der Waals surface area contributed by atoms with Gasteiger partial charge in [0.1, 0.15) is 4.32 Å². The Hall–Kier alpha value is -4.00. The highest BCUT2D eigenvalue weighted by Crippen LogP contribution is 2.38. The summed E-state index contributed by atoms with van der Waals surface area (Å²) in [6.07, 6.45) is 6.07. The lowest BCUT2D eigenvalue weighted by molar-refractivity contribution is 0.0585. The fourth-order valence-electron chi connectivity index (χ4n) is 7.47. The number of hydrogen-bond acceptors (Lipinski definition) is 8. The molecule has 2 atom stereocenters. The average molecular weight is 686 g/mol. The van der Waals surface area contributed by atoms with Gasteiger partial charge in [-0.3, -0.25) is 29.2 Å². The van der Waals surface area contributed by atoms with Crippen LogP contribution in [0.3, 0.4) is 0 Å². The van der Waals surface area contributed by atoms with E-state index in [4.69, 9.17) is 21.7 Å². The zero-order valence-corrected chi connectivity index (χ0v) is 28.7. The van der Waals surface area contributed by atoms with E-state index in [0.29, 0.717) is 57.8 Å². The Bertz CT molecular complexity index is 1760. The number of methoxy groups -OCH3 is 1. The molecule has 0 radical (unpaired) electrons. The predicted octanol–water partition coefficient (Wildman–Crippen LogP) is 5.22. The Labute approximate surface area is 291 Å². The molecule has 10 nitrogen and oxygen atoms in total. The Morgan fingerprint density at radius 2 is 1.71 bits per heavy atom. The zero-order chi connectivity index (χ0) is 33.4. The molecule has 3 amide bonds. The summed E-state index contributed by atoms with van der Waals surface area (Å²) in [6.45, 7) is 4.61. The summed E-state index contributed by atoms with van der Waals surface area (Å²) in [5, 5.41) is 1.65. The molecule has 0 N–H and O–H groups in total. The van der Waals surface area contributed by atoms with Gasteiger partial charge < -0.3 is 19.3 Å². The van der Waals surface area contributed by atoms with Crippen LogP contribution in [0, 0.1) is 0 Å². The number of fused-ring (bicyclic) bond motifs is 2. The molecule has 2 saturated heterocycles. The van der Waals surface area contributed by atoms with Crippen LogP contribution in [0.15, 0.2) is 53.5 Å². The van der Waals surface area contributed by atoms with Gasteiger partial charge in [-0.05, 0) is 55.7 Å². The summed E-state index contributed by atoms with van der Waals surface area (Å²) < 4.78 is 12.4. The molecule has 2 fully saturated rings. The number of carbonyl (C=O) groups excluding carboxylic acids is 3. The van der Waals surface area contributed by atoms with Crippen molar-refractivity contribution in [3.8, 4) is 11.5 Å². The fourth-order valence-corrected chi connectivity index (χ4v) is 7.82. The van der Waals surface area contributed by atoms with Gasteiger partial charge >= 0.3 is 0 Å². The number of thiocarbonyl (C=S) groups is 1. The SMILES string of the molecule is COc1cc2c(cc1OCCCC1CN(C(=S)S)CCN1CCCN1C(=O)c3cccc4cccc(c34)C1=O)N=C[C@@H]1CCCN1C2=O. The number of benzene rings is 3. The number of hydrogen-bond donors (Lipinski definition) is 1. The van der Waals surface area contributed by atoms with E-state index in [1.54, 1.807) is 19.2 Å². The first kappa shape index (κ1) is 32.5. The van der Waals surface area contributed by atoms with Crippen molar-refractivity contribution in [2.75, 3.05) is 53.0 Å². The number of carbonyl (C=O) groups is 3. The van der Waals surface area contributed by atoms with Crippen LogP contribution in [0.25, 0.3) is 10.8 Å². The number of amides is 3. The lowest BCUT2D eigenvalue weighted by Crippen LogP contribution is -2.54. The van der Waals surface area contributed by atoms with Crippen LogP contribution in [-0.2, 0) is 0 Å². The fraction of sp³-hybridized carbons (Fsp3) is 0.417. The molecule has 0 aliphatic carbocycles. The number of imide groups is 1. The number of rotatable bonds is 10. The number of piperazine rings is 1. The number of aliphatic imine (C=N–C) groups is 1. The molecule has 7 rings (SSSR count). The highest BCUT2D eigenvalue weighted by Gasteiger charge is 2.34. The largest absolute Gasteiger partial charge is 0.493 e. The molecule has 0 spiro atoms. The first-order chi connectivity index (χ1) is 23.3. The maximum atomic E-state index is 13.4. The molecule has 250 valence electrons. The van der Waals surface area contributed by atoms with Gasteiger partial charge in [0, 0.05) is 74.1 Å². The molecule has 3 aromatic rings. The highest BCUT2D eigenvalue weighted by atomic mass is 32.1. The van der Waals surface area contributed by atoms with Crippen molar-refractivity contribution in [3.63, 3.8) is 0 Å². The van der Waals surface area contributed by atoms with Gasteiger partial charge in [-0.25, -0.2) is 0 Å². The van der Waals surface area contributed by atoms with Crippen LogP contribution < -0.4 is 9.47 Å². The normalized spacial score (nSPS) is 20.6. The second-order valence-electron chi connectivity index (χ2n) is 12.7. The maximum absolute atomic E-state index is 13.4. The van der Waals surface area contributed by atoms with E-state index in [1.807, 2.05) is 47.5 Å². The van der Waals surface area contributed by atoms with Crippen LogP contribution in [0.1, 0.15) is 63.2 Å². The molecule has 0 aromatic heterocycles. The standard InChI is InChI=1S/C36H39N5O5S2/c1-45-30-19-28-29(37-21-24-9-4-14-40(24)35(28)44)20-31(30)46-18-5-10-25-22-39(36(47)48)17-16-38(25)13-6-15-41-33(42)26-11-2-7-23-8-3-12-27(32(23)26)34(41)43/h2-3,7-8,11-12,19-21,24-25H,4-6,9-10,13-18,22H2,1H3,(H,47,48)/t24-,25?/m0/s1. The minimum Gasteiger partial charge on any atom is -0.493 e. The van der Waals surface area contributed by atoms with E-state index in [2.05, 4.69) is 27.4 Å². The molecular formula is C36H39N5O5S2. The smallest absolute Gasteiger partial charge is 0.261 e. The molecule has 4 aliphatic heterocycles. The minimum absolute atomic E-state index is 0.0184. The van der Waals surface area contributed by atoms with Crippen molar-refractivity contribution in [3.05, 3.63) is 65.2 Å². The summed E-state index contributed by atoms with van der Waals surface area (Å²) in [5.74, 6) is 0.602. The summed E-state index contributed by atoms with van der Waals surface area (Å²) in [6, 6.07) is 15.0. The number of nitrogens with zero attached hydrogens (tertiary/aromatic N) is 5. The average Bonchev–Trinajstić information content (AvgIpc) is 3.53. The van der Waals surface area contributed by atoms with E-state index in [-0.39, 0.29) is 29.8 Å². The van der Waals surface area contributed by atoms with Crippen LogP contribution in [-0.4, -0.2) is 113 Å². The number of ether oxygens (including phenoxy) is 2. The van der Waals surface area contributed by atoms with Crippen LogP contribution in [0.4, 0.5) is 5.69 Å². The van der Waals surface area contributed by atoms with E-state index in [9.17, 15) is 14.4 Å². The molecule has 4 aliphatic rings. The van der Waals surface area contributed by atoms with Crippen molar-refractivity contribution in [2.45, 2.75) is 44.2 Å². The summed E-state index contributed by atoms with van der Waals surface area (Å²) >= 11 is 9.84. The molecule has 4 heterocycles. The van der Waals surface area contributed by atoms with Crippen molar-refractivity contribution in [1.29, 1.82) is 0 Å². The van der Waals surface area contributed by atoms with Crippen molar-refractivity contribution in [1.82, 2.24) is 19.6 Å². The summed E-state index contributed by atoms with van der Waals surface area (Å²) in [5.41, 5.74) is 2.31. The zero-order valence-electron chi connectivity index (χ0n) is 27.0. The van der Waals surface area contributed by atoms with Gasteiger partial charge in [0.25, 0.3) is 17.7 Å². The maximum Gasteiger partial charge on any atom is 0.261 e. The molecule has 12 heteroatoms. The van der Waals surface area contributed by atoms with E-state index >= 15 is 0 Å². The third-order valence-electron chi connectivity index (χ3n) is 9.96. The van der Waals surface area contributed by atoms with Gasteiger partial charge in [-0.2, -0.15) is 0 Å². The third-order valence-corrected chi connectivity index (χ3v) is 10.5. The van der Waals surface area contributed by atoms with E-state index in [1.165, 1.54) is 4.90 Å². The van der Waals surface area contributed by atoms with Gasteiger partial charge in [-0.15, -0.1) is 12.6 Å². The Balaban J connectivity index is 0.975. The number of thiol groups is 1. The van der Waals surface area contributed by atoms with Crippen molar-refractivity contribution < 1.29 is 23.9 Å². The van der Waals surface area contributed by atoms with Crippen LogP contribution in [0.2, 0.25) is 0 Å². The second kappa shape index (κ2) is 13.9. The van der Waals surface area contributed by atoms with Crippen molar-refractivity contribution in [2.24, 2.45) is 4.99 Å². The summed E-state index contributed by atoms with van der Waals surface area (Å²) in [7, 11) is 1.58. The minimum atomic E-state index is -0.230. The quantitative estimate of drug-likeness (QED) is 0.135. The molecule has 0 saturated carbocycles.